The molecule has 2 fully saturated rings. The first-order valence-corrected chi connectivity index (χ1v) is 15.7. The zero-order valence-corrected chi connectivity index (χ0v) is 23.6. The Morgan fingerprint density at radius 1 is 1.05 bits per heavy atom. The van der Waals surface area contributed by atoms with E-state index in [1.165, 1.54) is 5.56 Å². The summed E-state index contributed by atoms with van der Waals surface area (Å²) in [6.45, 7) is 9.02. The van der Waals surface area contributed by atoms with E-state index in [-0.39, 0.29) is 42.4 Å². The van der Waals surface area contributed by atoms with Gasteiger partial charge >= 0.3 is 6.18 Å². The molecule has 1 amide bonds. The van der Waals surface area contributed by atoms with E-state index >= 15 is 0 Å². The molecule has 0 radical (unpaired) electrons. The summed E-state index contributed by atoms with van der Waals surface area (Å²) in [6, 6.07) is 6.09. The third-order valence-corrected chi connectivity index (χ3v) is 10.7. The number of benzene rings is 1. The first kappa shape index (κ1) is 29.3. The fourth-order valence-corrected chi connectivity index (χ4v) is 7.69. The Labute approximate surface area is 225 Å². The van der Waals surface area contributed by atoms with Gasteiger partial charge in [-0.3, -0.25) is 9.69 Å². The van der Waals surface area contributed by atoms with Crippen molar-refractivity contribution in [1.82, 2.24) is 14.5 Å². The van der Waals surface area contributed by atoms with Gasteiger partial charge in [0.15, 0.2) is 0 Å². The van der Waals surface area contributed by atoms with Gasteiger partial charge in [-0.2, -0.15) is 13.2 Å². The van der Waals surface area contributed by atoms with E-state index in [0.29, 0.717) is 50.5 Å². The van der Waals surface area contributed by atoms with Gasteiger partial charge in [0.1, 0.15) is 0 Å². The molecule has 0 bridgehead atoms. The quantitative estimate of drug-likeness (QED) is 0.467. The van der Waals surface area contributed by atoms with Crippen LogP contribution in [0.5, 0.6) is 0 Å². The molecule has 0 spiro atoms. The summed E-state index contributed by atoms with van der Waals surface area (Å²) in [7, 11) is -3.16. The lowest BCUT2D eigenvalue weighted by atomic mass is 9.81. The van der Waals surface area contributed by atoms with Crippen molar-refractivity contribution in [3.05, 3.63) is 34.9 Å². The number of carbonyl (C=O) groups is 1. The molecule has 214 valence electrons. The van der Waals surface area contributed by atoms with Gasteiger partial charge in [-0.25, -0.2) is 12.7 Å². The molecule has 1 aliphatic carbocycles. The van der Waals surface area contributed by atoms with Crippen molar-refractivity contribution in [2.45, 2.75) is 78.1 Å². The molecular weight excluding hydrogens is 515 g/mol. The number of nitrogens with one attached hydrogen (secondary N) is 1. The largest absolute Gasteiger partial charge is 0.391 e. The van der Waals surface area contributed by atoms with Gasteiger partial charge in [-0.1, -0.05) is 19.9 Å². The predicted molar refractivity (Wildman–Crippen MR) is 142 cm³/mol. The van der Waals surface area contributed by atoms with E-state index in [4.69, 9.17) is 0 Å². The fourth-order valence-electron chi connectivity index (χ4n) is 6.56. The maximum atomic E-state index is 13.1. The van der Waals surface area contributed by atoms with E-state index in [1.807, 2.05) is 18.2 Å². The molecule has 1 aromatic rings. The minimum atomic E-state index is -4.08. The monoisotopic (exact) mass is 557 g/mol. The Morgan fingerprint density at radius 3 is 2.29 bits per heavy atom. The lowest BCUT2D eigenvalue weighted by molar-refractivity contribution is -0.184. The number of hydrogen-bond acceptors (Lipinski definition) is 4. The molecule has 6 nitrogen and oxygen atoms in total. The SMILES string of the molecule is CCS(=O)(=O)N1CCC(CNC(=O)c2ccc3c(c2)CN(C[C@H]2CC[C@H](C(F)(F)F)CC2)[C@H]3C(C)C)CC1. The Kier molecular flexibility index (Phi) is 9.14. The molecule has 1 N–H and O–H groups in total. The van der Waals surface area contributed by atoms with Crippen molar-refractivity contribution >= 4 is 15.9 Å². The summed E-state index contributed by atoms with van der Waals surface area (Å²) < 4.78 is 64.9. The van der Waals surface area contributed by atoms with Crippen LogP contribution in [0.3, 0.4) is 0 Å². The summed E-state index contributed by atoms with van der Waals surface area (Å²) in [5.74, 6) is -0.295. The molecule has 38 heavy (non-hydrogen) atoms. The molecule has 0 aromatic heterocycles. The van der Waals surface area contributed by atoms with Crippen molar-refractivity contribution in [2.75, 3.05) is 31.9 Å². The normalized spacial score (nSPS) is 26.0. The Balaban J connectivity index is 1.32. The maximum absolute atomic E-state index is 13.1. The smallest absolute Gasteiger partial charge is 0.352 e. The zero-order valence-electron chi connectivity index (χ0n) is 22.8. The van der Waals surface area contributed by atoms with Crippen LogP contribution in [-0.2, 0) is 16.6 Å². The molecule has 3 aliphatic rings. The second kappa shape index (κ2) is 11.8. The highest BCUT2D eigenvalue weighted by molar-refractivity contribution is 7.89. The number of alkyl halides is 3. The highest BCUT2D eigenvalue weighted by atomic mass is 32.2. The number of fused-ring (bicyclic) bond motifs is 1. The standard InChI is InChI=1S/C28H42F3N3O3S/c1-4-38(36,37)34-13-11-20(12-14-34)16-32-27(35)22-7-10-25-23(15-22)18-33(26(25)19(2)3)17-21-5-8-24(9-6-21)28(29,30)31/h7,10,15,19-21,24,26H,4-6,8-9,11-14,16-18H2,1-3H3,(H,32,35)/t21-,24-,26-/m0/s1. The van der Waals surface area contributed by atoms with Crippen molar-refractivity contribution in [2.24, 2.45) is 23.7 Å². The van der Waals surface area contributed by atoms with Crippen molar-refractivity contribution < 1.29 is 26.4 Å². The number of carbonyl (C=O) groups excluding carboxylic acids is 1. The van der Waals surface area contributed by atoms with Crippen molar-refractivity contribution in [3.63, 3.8) is 0 Å². The van der Waals surface area contributed by atoms with Gasteiger partial charge in [0, 0.05) is 44.3 Å². The highest BCUT2D eigenvalue weighted by Gasteiger charge is 2.42. The van der Waals surface area contributed by atoms with Gasteiger partial charge in [0.05, 0.1) is 11.7 Å². The van der Waals surface area contributed by atoms with Gasteiger partial charge in [0.2, 0.25) is 10.0 Å². The van der Waals surface area contributed by atoms with Crippen LogP contribution in [0.4, 0.5) is 13.2 Å². The van der Waals surface area contributed by atoms with E-state index < -0.39 is 22.1 Å². The fraction of sp³-hybridized carbons (Fsp3) is 0.750. The number of nitrogens with zero attached hydrogens (tertiary/aromatic N) is 2. The average molecular weight is 558 g/mol. The molecule has 10 heteroatoms. The predicted octanol–water partition coefficient (Wildman–Crippen LogP) is 5.36. The molecule has 1 saturated heterocycles. The van der Waals surface area contributed by atoms with Gasteiger partial charge in [-0.15, -0.1) is 0 Å². The topological polar surface area (TPSA) is 69.7 Å². The summed E-state index contributed by atoms with van der Waals surface area (Å²) >= 11 is 0. The van der Waals surface area contributed by atoms with Gasteiger partial charge in [-0.05, 0) is 86.5 Å². The molecule has 1 saturated carbocycles. The first-order valence-electron chi connectivity index (χ1n) is 14.1. The number of sulfonamides is 1. The third kappa shape index (κ3) is 6.73. The van der Waals surface area contributed by atoms with Gasteiger partial charge in [0.25, 0.3) is 5.91 Å². The summed E-state index contributed by atoms with van der Waals surface area (Å²) in [5, 5.41) is 3.04. The van der Waals surface area contributed by atoms with Crippen LogP contribution >= 0.6 is 0 Å². The number of hydrogen-bond donors (Lipinski definition) is 1. The molecule has 2 aliphatic heterocycles. The molecule has 1 atom stereocenters. The summed E-state index contributed by atoms with van der Waals surface area (Å²) in [6.07, 6.45) is -0.950. The Morgan fingerprint density at radius 2 is 1.71 bits per heavy atom. The van der Waals surface area contributed by atoms with Crippen molar-refractivity contribution in [1.29, 1.82) is 0 Å². The molecule has 0 unspecified atom stereocenters. The van der Waals surface area contributed by atoms with E-state index in [0.717, 1.165) is 24.9 Å². The summed E-state index contributed by atoms with van der Waals surface area (Å²) in [4.78, 5) is 15.4. The molecular formula is C28H42F3N3O3S. The number of halogens is 3. The van der Waals surface area contributed by atoms with E-state index in [2.05, 4.69) is 24.1 Å². The first-order chi connectivity index (χ1) is 17.9. The summed E-state index contributed by atoms with van der Waals surface area (Å²) in [5.41, 5.74) is 2.95. The van der Waals surface area contributed by atoms with Crippen LogP contribution in [0.2, 0.25) is 0 Å². The number of piperidine rings is 1. The Bertz CT molecular complexity index is 1080. The second-order valence-corrected chi connectivity index (χ2v) is 14.0. The Hall–Kier alpha value is -1.65. The number of amides is 1. The molecule has 2 heterocycles. The van der Waals surface area contributed by atoms with Crippen LogP contribution in [0.1, 0.15) is 86.8 Å². The molecule has 1 aromatic carbocycles. The highest BCUT2D eigenvalue weighted by Crippen LogP contribution is 2.43. The van der Waals surface area contributed by atoms with Crippen LogP contribution in [0.25, 0.3) is 0 Å². The lowest BCUT2D eigenvalue weighted by Crippen LogP contribution is -2.42. The number of rotatable bonds is 8. The average Bonchev–Trinajstić information content (AvgIpc) is 3.24. The van der Waals surface area contributed by atoms with Crippen molar-refractivity contribution in [3.8, 4) is 0 Å². The van der Waals surface area contributed by atoms with E-state index in [9.17, 15) is 26.4 Å². The maximum Gasteiger partial charge on any atom is 0.391 e. The zero-order chi connectivity index (χ0) is 27.7. The third-order valence-electron chi connectivity index (χ3n) is 8.81. The minimum Gasteiger partial charge on any atom is -0.352 e. The van der Waals surface area contributed by atoms with Gasteiger partial charge < -0.3 is 5.32 Å². The van der Waals surface area contributed by atoms with Crippen LogP contribution in [-0.4, -0.2) is 61.6 Å². The lowest BCUT2D eigenvalue weighted by Gasteiger charge is -2.35. The molecule has 4 rings (SSSR count). The van der Waals surface area contributed by atoms with Crippen LogP contribution < -0.4 is 5.32 Å². The second-order valence-electron chi connectivity index (χ2n) is 11.7. The van der Waals surface area contributed by atoms with Crippen LogP contribution in [0, 0.1) is 23.7 Å². The minimum absolute atomic E-state index is 0.112. The van der Waals surface area contributed by atoms with Crippen LogP contribution in [0.15, 0.2) is 18.2 Å². The van der Waals surface area contributed by atoms with E-state index in [1.54, 1.807) is 11.2 Å².